The summed E-state index contributed by atoms with van der Waals surface area (Å²) in [7, 11) is 0. The molecular weight excluding hydrogens is 208 g/mol. The third-order valence-corrected chi connectivity index (χ3v) is 4.42. The molecule has 2 nitrogen and oxygen atoms in total. The summed E-state index contributed by atoms with van der Waals surface area (Å²) >= 11 is 0. The molecule has 1 fully saturated rings. The second-order valence-corrected chi connectivity index (χ2v) is 5.66. The van der Waals surface area contributed by atoms with E-state index in [1.54, 1.807) is 0 Å². The van der Waals surface area contributed by atoms with Crippen molar-refractivity contribution in [2.45, 2.75) is 38.6 Å². The Bertz CT molecular complexity index is 405. The van der Waals surface area contributed by atoms with Crippen LogP contribution >= 0.6 is 0 Å². The van der Waals surface area contributed by atoms with Crippen molar-refractivity contribution in [3.63, 3.8) is 0 Å². The average molecular weight is 230 g/mol. The minimum Gasteiger partial charge on any atom is -0.371 e. The maximum Gasteiger partial charge on any atom is 0.0402 e. The van der Waals surface area contributed by atoms with E-state index in [-0.39, 0.29) is 6.04 Å². The third kappa shape index (κ3) is 1.95. The van der Waals surface area contributed by atoms with Crippen LogP contribution in [0.25, 0.3) is 0 Å². The first-order valence-corrected chi connectivity index (χ1v) is 6.88. The van der Waals surface area contributed by atoms with Gasteiger partial charge in [-0.05, 0) is 48.8 Å². The highest BCUT2D eigenvalue weighted by molar-refractivity contribution is 5.59. The molecule has 17 heavy (non-hydrogen) atoms. The first-order chi connectivity index (χ1) is 8.25. The number of benzene rings is 1. The van der Waals surface area contributed by atoms with Crippen molar-refractivity contribution in [1.82, 2.24) is 0 Å². The van der Waals surface area contributed by atoms with Crippen LogP contribution in [0.3, 0.4) is 0 Å². The minimum absolute atomic E-state index is 0.272. The number of nitrogens with two attached hydrogens (primary N) is 1. The first-order valence-electron chi connectivity index (χ1n) is 6.88. The van der Waals surface area contributed by atoms with Gasteiger partial charge in [-0.3, -0.25) is 0 Å². The number of hydrogen-bond donors (Lipinski definition) is 1. The van der Waals surface area contributed by atoms with Crippen LogP contribution in [-0.4, -0.2) is 13.1 Å². The van der Waals surface area contributed by atoms with Crippen LogP contribution < -0.4 is 10.6 Å². The zero-order valence-corrected chi connectivity index (χ0v) is 10.7. The fourth-order valence-corrected chi connectivity index (χ4v) is 3.21. The molecule has 92 valence electrons. The summed E-state index contributed by atoms with van der Waals surface area (Å²) in [5.41, 5.74) is 10.5. The molecule has 1 heterocycles. The third-order valence-electron chi connectivity index (χ3n) is 4.42. The Kier molecular flexibility index (Phi) is 2.83. The molecule has 2 N–H and O–H groups in total. The molecule has 0 saturated carbocycles. The van der Waals surface area contributed by atoms with E-state index in [9.17, 15) is 0 Å². The lowest BCUT2D eigenvalue weighted by molar-refractivity contribution is 0.438. The Morgan fingerprint density at radius 1 is 1.18 bits per heavy atom. The van der Waals surface area contributed by atoms with Gasteiger partial charge in [0, 0.05) is 24.8 Å². The standard InChI is InChI=1S/C15H22N2/c1-11-7-9-17(10-8-11)15-4-2-3-12-13(15)5-6-14(12)16/h2-4,11,14H,5-10,16H2,1H3. The second-order valence-electron chi connectivity index (χ2n) is 5.66. The van der Waals surface area contributed by atoms with Crippen LogP contribution in [0.4, 0.5) is 5.69 Å². The Morgan fingerprint density at radius 2 is 1.94 bits per heavy atom. The van der Waals surface area contributed by atoms with Crippen LogP contribution in [-0.2, 0) is 6.42 Å². The van der Waals surface area contributed by atoms with Gasteiger partial charge in [-0.15, -0.1) is 0 Å². The fraction of sp³-hybridized carbons (Fsp3) is 0.600. The van der Waals surface area contributed by atoms with Crippen molar-refractivity contribution in [2.75, 3.05) is 18.0 Å². The van der Waals surface area contributed by atoms with Gasteiger partial charge in [0.2, 0.25) is 0 Å². The van der Waals surface area contributed by atoms with E-state index in [1.807, 2.05) is 0 Å². The van der Waals surface area contributed by atoms with E-state index < -0.39 is 0 Å². The predicted octanol–water partition coefficient (Wildman–Crippen LogP) is 2.87. The number of nitrogens with zero attached hydrogens (tertiary/aromatic N) is 1. The molecule has 1 aliphatic heterocycles. The Morgan fingerprint density at radius 3 is 2.71 bits per heavy atom. The van der Waals surface area contributed by atoms with Crippen LogP contribution in [0.2, 0.25) is 0 Å². The SMILES string of the molecule is CC1CCN(c2cccc3c2CCC3N)CC1. The van der Waals surface area contributed by atoms with E-state index in [1.165, 1.54) is 49.2 Å². The summed E-state index contributed by atoms with van der Waals surface area (Å²) < 4.78 is 0. The van der Waals surface area contributed by atoms with Gasteiger partial charge >= 0.3 is 0 Å². The predicted molar refractivity (Wildman–Crippen MR) is 72.3 cm³/mol. The lowest BCUT2D eigenvalue weighted by atomic mass is 9.97. The minimum atomic E-state index is 0.272. The lowest BCUT2D eigenvalue weighted by Gasteiger charge is -2.33. The maximum atomic E-state index is 6.15. The molecular formula is C15H22N2. The van der Waals surface area contributed by atoms with E-state index in [0.29, 0.717) is 0 Å². The molecule has 3 rings (SSSR count). The van der Waals surface area contributed by atoms with Crippen molar-refractivity contribution in [3.05, 3.63) is 29.3 Å². The molecule has 2 aliphatic rings. The average Bonchev–Trinajstić information content (AvgIpc) is 2.73. The van der Waals surface area contributed by atoms with Gasteiger partial charge in [-0.1, -0.05) is 19.1 Å². The number of anilines is 1. The van der Waals surface area contributed by atoms with E-state index >= 15 is 0 Å². The Balaban J connectivity index is 1.89. The van der Waals surface area contributed by atoms with Crippen LogP contribution in [0.5, 0.6) is 0 Å². The van der Waals surface area contributed by atoms with Gasteiger partial charge in [0.25, 0.3) is 0 Å². The molecule has 1 unspecified atom stereocenters. The Labute approximate surface area is 104 Å². The number of fused-ring (bicyclic) bond motifs is 1. The topological polar surface area (TPSA) is 29.3 Å². The van der Waals surface area contributed by atoms with Crippen LogP contribution in [0, 0.1) is 5.92 Å². The summed E-state index contributed by atoms with van der Waals surface area (Å²) in [5.74, 6) is 0.894. The molecule has 1 aromatic rings. The van der Waals surface area contributed by atoms with Gasteiger partial charge in [-0.25, -0.2) is 0 Å². The maximum absolute atomic E-state index is 6.15. The van der Waals surface area contributed by atoms with Gasteiger partial charge in [0.1, 0.15) is 0 Å². The number of rotatable bonds is 1. The highest BCUT2D eigenvalue weighted by Gasteiger charge is 2.25. The molecule has 0 amide bonds. The number of piperidine rings is 1. The zero-order chi connectivity index (χ0) is 11.8. The Hall–Kier alpha value is -1.02. The highest BCUT2D eigenvalue weighted by Crippen LogP contribution is 2.37. The van der Waals surface area contributed by atoms with Crippen LogP contribution in [0.1, 0.15) is 43.4 Å². The van der Waals surface area contributed by atoms with Gasteiger partial charge < -0.3 is 10.6 Å². The zero-order valence-electron chi connectivity index (χ0n) is 10.7. The van der Waals surface area contributed by atoms with Crippen molar-refractivity contribution in [2.24, 2.45) is 11.7 Å². The monoisotopic (exact) mass is 230 g/mol. The van der Waals surface area contributed by atoms with Crippen molar-refractivity contribution < 1.29 is 0 Å². The fourth-order valence-electron chi connectivity index (χ4n) is 3.21. The smallest absolute Gasteiger partial charge is 0.0402 e. The van der Waals surface area contributed by atoms with Gasteiger partial charge in [0.05, 0.1) is 0 Å². The molecule has 1 aliphatic carbocycles. The molecule has 1 atom stereocenters. The summed E-state index contributed by atoms with van der Waals surface area (Å²) in [4.78, 5) is 2.57. The molecule has 2 heteroatoms. The summed E-state index contributed by atoms with van der Waals surface area (Å²) in [6.45, 7) is 4.79. The quantitative estimate of drug-likeness (QED) is 0.804. The van der Waals surface area contributed by atoms with Crippen molar-refractivity contribution in [1.29, 1.82) is 0 Å². The van der Waals surface area contributed by atoms with Crippen molar-refractivity contribution >= 4 is 5.69 Å². The van der Waals surface area contributed by atoms with E-state index in [0.717, 1.165) is 12.3 Å². The largest absolute Gasteiger partial charge is 0.371 e. The first kappa shape index (κ1) is 11.1. The summed E-state index contributed by atoms with van der Waals surface area (Å²) in [5, 5.41) is 0. The van der Waals surface area contributed by atoms with E-state index in [2.05, 4.69) is 30.0 Å². The summed E-state index contributed by atoms with van der Waals surface area (Å²) in [6, 6.07) is 6.95. The molecule has 0 radical (unpaired) electrons. The lowest BCUT2D eigenvalue weighted by Crippen LogP contribution is -2.33. The number of hydrogen-bond acceptors (Lipinski definition) is 2. The van der Waals surface area contributed by atoms with Crippen LogP contribution in [0.15, 0.2) is 18.2 Å². The molecule has 0 aromatic heterocycles. The van der Waals surface area contributed by atoms with Gasteiger partial charge in [-0.2, -0.15) is 0 Å². The van der Waals surface area contributed by atoms with Crippen molar-refractivity contribution in [3.8, 4) is 0 Å². The molecule has 1 saturated heterocycles. The molecule has 0 bridgehead atoms. The molecule has 0 spiro atoms. The molecule has 1 aromatic carbocycles. The summed E-state index contributed by atoms with van der Waals surface area (Å²) in [6.07, 6.45) is 4.95. The normalized spacial score (nSPS) is 25.1. The van der Waals surface area contributed by atoms with Gasteiger partial charge in [0.15, 0.2) is 0 Å². The van der Waals surface area contributed by atoms with E-state index in [4.69, 9.17) is 5.73 Å². The highest BCUT2D eigenvalue weighted by atomic mass is 15.1. The second kappa shape index (κ2) is 4.34.